The number of rotatable bonds is 6. The molecule has 2 aromatic carbocycles. The summed E-state index contributed by atoms with van der Waals surface area (Å²) in [5.41, 5.74) is 1.42. The molecule has 3 rings (SSSR count). The zero-order valence-corrected chi connectivity index (χ0v) is 17.5. The molecule has 1 amide bonds. The molecule has 7 heteroatoms. The summed E-state index contributed by atoms with van der Waals surface area (Å²) in [6, 6.07) is 13.3. The Morgan fingerprint density at radius 3 is 2.50 bits per heavy atom. The SMILES string of the molecule is COC(=O)c1cccc(OCC(=O)N2C[C@H](C)N(Cc3ccc(F)cc3)C[C@H]2C)c1. The summed E-state index contributed by atoms with van der Waals surface area (Å²) < 4.78 is 23.5. The Morgan fingerprint density at radius 2 is 1.80 bits per heavy atom. The molecule has 1 saturated heterocycles. The minimum Gasteiger partial charge on any atom is -0.484 e. The highest BCUT2D eigenvalue weighted by Gasteiger charge is 2.32. The van der Waals surface area contributed by atoms with Gasteiger partial charge >= 0.3 is 5.97 Å². The highest BCUT2D eigenvalue weighted by atomic mass is 19.1. The van der Waals surface area contributed by atoms with Crippen molar-refractivity contribution in [2.75, 3.05) is 26.8 Å². The van der Waals surface area contributed by atoms with Crippen molar-refractivity contribution in [1.29, 1.82) is 0 Å². The largest absolute Gasteiger partial charge is 0.484 e. The maximum Gasteiger partial charge on any atom is 0.337 e. The number of piperazine rings is 1. The van der Waals surface area contributed by atoms with Gasteiger partial charge in [-0.05, 0) is 49.7 Å². The first kappa shape index (κ1) is 21.8. The topological polar surface area (TPSA) is 59.1 Å². The lowest BCUT2D eigenvalue weighted by molar-refractivity contribution is -0.139. The smallest absolute Gasteiger partial charge is 0.337 e. The molecule has 2 aromatic rings. The number of benzene rings is 2. The van der Waals surface area contributed by atoms with Crippen LogP contribution >= 0.6 is 0 Å². The summed E-state index contributed by atoms with van der Waals surface area (Å²) in [6.45, 7) is 6.02. The highest BCUT2D eigenvalue weighted by Crippen LogP contribution is 2.20. The molecule has 0 N–H and O–H groups in total. The molecule has 160 valence electrons. The predicted octanol–water partition coefficient (Wildman–Crippen LogP) is 3.11. The van der Waals surface area contributed by atoms with Gasteiger partial charge in [0.15, 0.2) is 6.61 Å². The lowest BCUT2D eigenvalue weighted by atomic mass is 10.1. The van der Waals surface area contributed by atoms with E-state index in [0.717, 1.165) is 12.1 Å². The average molecular weight is 414 g/mol. The third-order valence-corrected chi connectivity index (χ3v) is 5.35. The molecule has 0 spiro atoms. The third kappa shape index (κ3) is 5.36. The van der Waals surface area contributed by atoms with Crippen LogP contribution in [0, 0.1) is 5.82 Å². The van der Waals surface area contributed by atoms with Crippen molar-refractivity contribution < 1.29 is 23.5 Å². The van der Waals surface area contributed by atoms with Gasteiger partial charge in [0.25, 0.3) is 5.91 Å². The lowest BCUT2D eigenvalue weighted by Gasteiger charge is -2.44. The molecule has 1 aliphatic rings. The summed E-state index contributed by atoms with van der Waals surface area (Å²) in [5, 5.41) is 0. The van der Waals surface area contributed by atoms with Gasteiger partial charge in [0.1, 0.15) is 11.6 Å². The Bertz CT molecular complexity index is 887. The molecule has 0 saturated carbocycles. The first-order valence-electron chi connectivity index (χ1n) is 9.96. The van der Waals surface area contributed by atoms with Crippen molar-refractivity contribution in [2.45, 2.75) is 32.5 Å². The maximum absolute atomic E-state index is 13.1. The van der Waals surface area contributed by atoms with Crippen LogP contribution in [0.15, 0.2) is 48.5 Å². The van der Waals surface area contributed by atoms with Crippen molar-refractivity contribution in [3.8, 4) is 5.75 Å². The fraction of sp³-hybridized carbons (Fsp3) is 0.391. The Kier molecular flexibility index (Phi) is 7.05. The third-order valence-electron chi connectivity index (χ3n) is 5.35. The second-order valence-corrected chi connectivity index (χ2v) is 7.61. The Labute approximate surface area is 176 Å². The molecule has 0 aromatic heterocycles. The van der Waals surface area contributed by atoms with Crippen LogP contribution in [0.1, 0.15) is 29.8 Å². The molecule has 1 fully saturated rings. The van der Waals surface area contributed by atoms with Gasteiger partial charge in [0, 0.05) is 31.7 Å². The monoisotopic (exact) mass is 414 g/mol. The van der Waals surface area contributed by atoms with E-state index in [1.807, 2.05) is 11.8 Å². The fourth-order valence-corrected chi connectivity index (χ4v) is 3.65. The van der Waals surface area contributed by atoms with Crippen LogP contribution in [0.25, 0.3) is 0 Å². The molecule has 0 aliphatic carbocycles. The summed E-state index contributed by atoms with van der Waals surface area (Å²) in [6.07, 6.45) is 0. The van der Waals surface area contributed by atoms with Gasteiger partial charge in [-0.1, -0.05) is 18.2 Å². The molecule has 30 heavy (non-hydrogen) atoms. The number of hydrogen-bond donors (Lipinski definition) is 0. The van der Waals surface area contributed by atoms with E-state index in [9.17, 15) is 14.0 Å². The van der Waals surface area contributed by atoms with Gasteiger partial charge in [-0.25, -0.2) is 9.18 Å². The lowest BCUT2D eigenvalue weighted by Crippen LogP contribution is -2.58. The van der Waals surface area contributed by atoms with E-state index >= 15 is 0 Å². The van der Waals surface area contributed by atoms with Crippen LogP contribution in [0.4, 0.5) is 4.39 Å². The standard InChI is InChI=1S/C23H27FN2O4/c1-16-13-26(17(2)12-25(16)14-18-7-9-20(24)10-8-18)22(27)15-30-21-6-4-5-19(11-21)23(28)29-3/h4-11,16-17H,12-15H2,1-3H3/t16-,17+/m0/s1. The van der Waals surface area contributed by atoms with Gasteiger partial charge < -0.3 is 14.4 Å². The van der Waals surface area contributed by atoms with E-state index in [1.54, 1.807) is 36.4 Å². The van der Waals surface area contributed by atoms with Gasteiger partial charge in [-0.15, -0.1) is 0 Å². The summed E-state index contributed by atoms with van der Waals surface area (Å²) in [4.78, 5) is 28.5. The number of carbonyl (C=O) groups is 2. The predicted molar refractivity (Wildman–Crippen MR) is 111 cm³/mol. The number of amides is 1. The van der Waals surface area contributed by atoms with Crippen LogP contribution in [0.5, 0.6) is 5.75 Å². The van der Waals surface area contributed by atoms with E-state index in [2.05, 4.69) is 11.8 Å². The van der Waals surface area contributed by atoms with E-state index in [4.69, 9.17) is 9.47 Å². The highest BCUT2D eigenvalue weighted by molar-refractivity contribution is 5.89. The van der Waals surface area contributed by atoms with Crippen LogP contribution in [-0.2, 0) is 16.1 Å². The van der Waals surface area contributed by atoms with Crippen molar-refractivity contribution in [1.82, 2.24) is 9.80 Å². The van der Waals surface area contributed by atoms with Crippen molar-refractivity contribution in [2.24, 2.45) is 0 Å². The summed E-state index contributed by atoms with van der Waals surface area (Å²) in [7, 11) is 1.32. The normalized spacial score (nSPS) is 19.4. The van der Waals surface area contributed by atoms with E-state index < -0.39 is 5.97 Å². The van der Waals surface area contributed by atoms with Gasteiger partial charge in [-0.2, -0.15) is 0 Å². The molecule has 1 heterocycles. The number of halogens is 1. The van der Waals surface area contributed by atoms with E-state index in [0.29, 0.717) is 24.4 Å². The zero-order valence-electron chi connectivity index (χ0n) is 17.5. The van der Waals surface area contributed by atoms with Gasteiger partial charge in [0.2, 0.25) is 0 Å². The van der Waals surface area contributed by atoms with Gasteiger partial charge in [-0.3, -0.25) is 9.69 Å². The quantitative estimate of drug-likeness (QED) is 0.680. The Hall–Kier alpha value is -2.93. The van der Waals surface area contributed by atoms with Crippen molar-refractivity contribution in [3.05, 3.63) is 65.5 Å². The zero-order chi connectivity index (χ0) is 21.7. The summed E-state index contributed by atoms with van der Waals surface area (Å²) in [5.74, 6) is -0.347. The second kappa shape index (κ2) is 9.71. The van der Waals surface area contributed by atoms with Gasteiger partial charge in [0.05, 0.1) is 12.7 Å². The Balaban J connectivity index is 1.56. The number of esters is 1. The first-order valence-corrected chi connectivity index (χ1v) is 9.96. The van der Waals surface area contributed by atoms with Crippen LogP contribution < -0.4 is 4.74 Å². The molecule has 0 unspecified atom stereocenters. The minimum absolute atomic E-state index is 0.0270. The van der Waals surface area contributed by atoms with Crippen molar-refractivity contribution in [3.63, 3.8) is 0 Å². The second-order valence-electron chi connectivity index (χ2n) is 7.61. The number of carbonyl (C=O) groups excluding carboxylic acids is 2. The molecule has 6 nitrogen and oxygen atoms in total. The molecular weight excluding hydrogens is 387 g/mol. The number of methoxy groups -OCH3 is 1. The van der Waals surface area contributed by atoms with Crippen LogP contribution in [-0.4, -0.2) is 60.6 Å². The molecule has 0 radical (unpaired) electrons. The number of nitrogens with zero attached hydrogens (tertiary/aromatic N) is 2. The molecular formula is C23H27FN2O4. The maximum atomic E-state index is 13.1. The minimum atomic E-state index is -0.452. The van der Waals surface area contributed by atoms with Crippen molar-refractivity contribution >= 4 is 11.9 Å². The van der Waals surface area contributed by atoms with Crippen LogP contribution in [0.3, 0.4) is 0 Å². The van der Waals surface area contributed by atoms with E-state index in [1.165, 1.54) is 19.2 Å². The van der Waals surface area contributed by atoms with Crippen LogP contribution in [0.2, 0.25) is 0 Å². The molecule has 0 bridgehead atoms. The number of ether oxygens (including phenoxy) is 2. The molecule has 1 aliphatic heterocycles. The van der Waals surface area contributed by atoms with E-state index in [-0.39, 0.29) is 30.4 Å². The first-order chi connectivity index (χ1) is 14.4. The molecule has 2 atom stereocenters. The number of hydrogen-bond acceptors (Lipinski definition) is 5. The summed E-state index contributed by atoms with van der Waals surface area (Å²) >= 11 is 0. The fourth-order valence-electron chi connectivity index (χ4n) is 3.65. The average Bonchev–Trinajstić information content (AvgIpc) is 2.75. The Morgan fingerprint density at radius 1 is 1.07 bits per heavy atom.